The van der Waals surface area contributed by atoms with Gasteiger partial charge in [-0.05, 0) is 13.8 Å². The summed E-state index contributed by atoms with van der Waals surface area (Å²) < 4.78 is 43.4. The van der Waals surface area contributed by atoms with Crippen LogP contribution in [0.1, 0.15) is 26.7 Å². The van der Waals surface area contributed by atoms with Crippen LogP contribution >= 0.6 is 0 Å². The van der Waals surface area contributed by atoms with Crippen LogP contribution in [0.2, 0.25) is 0 Å². The van der Waals surface area contributed by atoms with Crippen LogP contribution in [0.3, 0.4) is 0 Å². The van der Waals surface area contributed by atoms with Crippen molar-refractivity contribution in [1.29, 1.82) is 0 Å². The first-order chi connectivity index (χ1) is 27.5. The molecule has 0 saturated heterocycles. The van der Waals surface area contributed by atoms with Crippen LogP contribution in [0, 0.1) is 0 Å². The van der Waals surface area contributed by atoms with Crippen molar-refractivity contribution in [2.75, 3.05) is 119 Å². The summed E-state index contributed by atoms with van der Waals surface area (Å²) in [6.07, 6.45) is 3.55. The van der Waals surface area contributed by atoms with Crippen molar-refractivity contribution >= 4 is 41.4 Å². The predicted molar refractivity (Wildman–Crippen MR) is 200 cm³/mol. The Kier molecular flexibility index (Phi) is 29.1. The summed E-state index contributed by atoms with van der Waals surface area (Å²) >= 11 is 0. The number of hydrogen-bond acceptors (Lipinski definition) is 15. The molecule has 1 rings (SSSR count). The molecule has 0 radical (unpaired) electrons. The molecule has 0 unspecified atom stereocenters. The van der Waals surface area contributed by atoms with E-state index in [4.69, 9.17) is 43.0 Å². The number of amides is 6. The molecule has 0 spiro atoms. The summed E-state index contributed by atoms with van der Waals surface area (Å²) in [5.74, 6) is -4.15. The van der Waals surface area contributed by atoms with Crippen molar-refractivity contribution in [3.63, 3.8) is 0 Å². The number of carboxylic acids is 1. The Morgan fingerprint density at radius 3 is 1.44 bits per heavy atom. The van der Waals surface area contributed by atoms with E-state index in [1.807, 2.05) is 0 Å². The van der Waals surface area contributed by atoms with E-state index in [2.05, 4.69) is 27.8 Å². The Balaban J connectivity index is 1.80. The van der Waals surface area contributed by atoms with Crippen LogP contribution in [0.5, 0.6) is 0 Å². The maximum absolute atomic E-state index is 12.3. The molecule has 0 aliphatic carbocycles. The third-order valence-electron chi connectivity index (χ3n) is 7.43. The van der Waals surface area contributed by atoms with Gasteiger partial charge in [-0.1, -0.05) is 6.08 Å². The predicted octanol–water partition coefficient (Wildman–Crippen LogP) is -2.29. The summed E-state index contributed by atoms with van der Waals surface area (Å²) in [4.78, 5) is 83.2. The normalized spacial score (nSPS) is 13.9. The van der Waals surface area contributed by atoms with Crippen molar-refractivity contribution in [3.05, 3.63) is 24.8 Å². The summed E-state index contributed by atoms with van der Waals surface area (Å²) in [5, 5.41) is 18.7. The van der Waals surface area contributed by atoms with E-state index in [0.717, 1.165) is 11.0 Å². The summed E-state index contributed by atoms with van der Waals surface area (Å²) in [5.41, 5.74) is 0. The molecule has 0 fully saturated rings. The van der Waals surface area contributed by atoms with E-state index < -0.39 is 53.6 Å². The number of carbonyl (C=O) groups is 7. The van der Waals surface area contributed by atoms with Gasteiger partial charge in [-0.15, -0.1) is 6.58 Å². The van der Waals surface area contributed by atoms with E-state index in [1.165, 1.54) is 26.0 Å². The molecule has 57 heavy (non-hydrogen) atoms. The SMILES string of the molecule is C=C[C@H](NC(=O)[C@H](C)NC(=O)CCOCCOCCOCCOCCOCCOCCOCCOCCNC(=O)CCN1C(=O)C=CC1=O)C(=O)N[C@@H](C)C(=O)O. The van der Waals surface area contributed by atoms with Crippen LogP contribution in [0.15, 0.2) is 24.8 Å². The van der Waals surface area contributed by atoms with Crippen molar-refractivity contribution in [3.8, 4) is 0 Å². The van der Waals surface area contributed by atoms with E-state index in [-0.39, 0.29) is 38.5 Å². The second kappa shape index (κ2) is 32.7. The highest BCUT2D eigenvalue weighted by molar-refractivity contribution is 6.13. The zero-order valence-electron chi connectivity index (χ0n) is 32.8. The van der Waals surface area contributed by atoms with Crippen LogP contribution in [0.4, 0.5) is 0 Å². The van der Waals surface area contributed by atoms with Crippen molar-refractivity contribution in [2.45, 2.75) is 44.8 Å². The number of nitrogens with one attached hydrogen (secondary N) is 4. The van der Waals surface area contributed by atoms with E-state index >= 15 is 0 Å². The number of rotatable bonds is 37. The van der Waals surface area contributed by atoms with Gasteiger partial charge in [0, 0.05) is 38.1 Å². The minimum atomic E-state index is -1.23. The zero-order chi connectivity index (χ0) is 42.1. The third kappa shape index (κ3) is 26.2. The molecule has 0 saturated carbocycles. The molecule has 21 nitrogen and oxygen atoms in total. The van der Waals surface area contributed by atoms with Gasteiger partial charge in [-0.3, -0.25) is 38.5 Å². The molecular weight excluding hydrogens is 758 g/mol. The lowest BCUT2D eigenvalue weighted by Gasteiger charge is -2.20. The lowest BCUT2D eigenvalue weighted by molar-refractivity contribution is -0.141. The van der Waals surface area contributed by atoms with Crippen LogP contribution in [0.25, 0.3) is 0 Å². The lowest BCUT2D eigenvalue weighted by atomic mass is 10.2. The van der Waals surface area contributed by atoms with Gasteiger partial charge in [0.15, 0.2) is 0 Å². The fourth-order valence-corrected chi connectivity index (χ4v) is 4.28. The van der Waals surface area contributed by atoms with Crippen molar-refractivity contribution in [1.82, 2.24) is 26.2 Å². The van der Waals surface area contributed by atoms with Crippen LogP contribution < -0.4 is 21.3 Å². The van der Waals surface area contributed by atoms with E-state index in [9.17, 15) is 33.6 Å². The maximum atomic E-state index is 12.3. The highest BCUT2D eigenvalue weighted by Crippen LogP contribution is 2.04. The molecular formula is C36H59N5O16. The number of carboxylic acid groups (broad SMARTS) is 1. The first kappa shape index (κ1) is 50.7. The van der Waals surface area contributed by atoms with Crippen molar-refractivity contribution < 1.29 is 76.6 Å². The number of aliphatic carboxylic acids is 1. The largest absolute Gasteiger partial charge is 0.480 e. The lowest BCUT2D eigenvalue weighted by Crippen LogP contribution is -2.54. The van der Waals surface area contributed by atoms with Gasteiger partial charge < -0.3 is 64.3 Å². The highest BCUT2D eigenvalue weighted by atomic mass is 16.6. The average Bonchev–Trinajstić information content (AvgIpc) is 3.50. The topological polar surface area (TPSA) is 265 Å². The van der Waals surface area contributed by atoms with Gasteiger partial charge in [-0.25, -0.2) is 0 Å². The molecule has 5 N–H and O–H groups in total. The molecule has 1 aliphatic heterocycles. The van der Waals surface area contributed by atoms with Gasteiger partial charge in [0.25, 0.3) is 11.8 Å². The highest BCUT2D eigenvalue weighted by Gasteiger charge is 2.25. The summed E-state index contributed by atoms with van der Waals surface area (Å²) in [7, 11) is 0. The molecule has 0 aromatic carbocycles. The molecule has 1 heterocycles. The van der Waals surface area contributed by atoms with Gasteiger partial charge >= 0.3 is 5.97 Å². The molecule has 324 valence electrons. The molecule has 0 bridgehead atoms. The van der Waals surface area contributed by atoms with E-state index in [0.29, 0.717) is 99.0 Å². The van der Waals surface area contributed by atoms with Crippen LogP contribution in [-0.2, 0) is 71.5 Å². The Morgan fingerprint density at radius 1 is 0.596 bits per heavy atom. The van der Waals surface area contributed by atoms with Crippen LogP contribution in [-0.4, -0.2) is 188 Å². The Hall–Kier alpha value is -4.35. The molecule has 6 amide bonds. The fourth-order valence-electron chi connectivity index (χ4n) is 4.28. The monoisotopic (exact) mass is 817 g/mol. The Morgan fingerprint density at radius 2 is 1.02 bits per heavy atom. The van der Waals surface area contributed by atoms with E-state index in [1.54, 1.807) is 0 Å². The van der Waals surface area contributed by atoms with Gasteiger partial charge in [0.1, 0.15) is 18.1 Å². The summed E-state index contributed by atoms with van der Waals surface area (Å²) in [6, 6.07) is -3.28. The quantitative estimate of drug-likeness (QED) is 0.0251. The van der Waals surface area contributed by atoms with Crippen molar-refractivity contribution in [2.24, 2.45) is 0 Å². The number of imide groups is 1. The summed E-state index contributed by atoms with van der Waals surface area (Å²) in [6.45, 7) is 12.3. The molecule has 21 heteroatoms. The molecule has 0 aromatic heterocycles. The first-order valence-corrected chi connectivity index (χ1v) is 18.6. The molecule has 3 atom stereocenters. The van der Waals surface area contributed by atoms with Gasteiger partial charge in [-0.2, -0.15) is 0 Å². The zero-order valence-corrected chi connectivity index (χ0v) is 32.8. The minimum absolute atomic E-state index is 0.000821. The standard InChI is InChI=1S/C36H59N5O16/c1-4-29(35(47)39-28(3)36(48)49)40-34(46)27(2)38-31(43)8-11-50-13-15-52-17-19-54-21-23-56-25-26-57-24-22-55-20-18-53-16-14-51-12-9-37-30(42)7-10-41-32(44)5-6-33(41)45/h4-6,27-29H,1,7-26H2,2-3H3,(H,37,42)(H,38,43)(H,39,47)(H,40,46)(H,48,49)/t27-,28-,29-/m0/s1. The fraction of sp³-hybridized carbons (Fsp3) is 0.694. The first-order valence-electron chi connectivity index (χ1n) is 18.6. The maximum Gasteiger partial charge on any atom is 0.325 e. The Bertz CT molecular complexity index is 1250. The Labute approximate surface area is 332 Å². The number of hydrogen-bond donors (Lipinski definition) is 5. The third-order valence-corrected chi connectivity index (χ3v) is 7.43. The average molecular weight is 818 g/mol. The number of ether oxygens (including phenoxy) is 8. The number of nitrogens with zero attached hydrogens (tertiary/aromatic N) is 1. The van der Waals surface area contributed by atoms with Gasteiger partial charge in [0.2, 0.25) is 23.6 Å². The molecule has 1 aliphatic rings. The smallest absolute Gasteiger partial charge is 0.325 e. The van der Waals surface area contributed by atoms with Gasteiger partial charge in [0.05, 0.1) is 106 Å². The second-order valence-corrected chi connectivity index (χ2v) is 12.0. The molecule has 0 aromatic rings. The minimum Gasteiger partial charge on any atom is -0.480 e. The number of carbonyl (C=O) groups excluding carboxylic acids is 6. The second-order valence-electron chi connectivity index (χ2n) is 12.0.